The lowest BCUT2D eigenvalue weighted by atomic mass is 10.2. The number of pyridine rings is 1. The van der Waals surface area contributed by atoms with Crippen LogP contribution in [0.4, 0.5) is 0 Å². The highest BCUT2D eigenvalue weighted by atomic mass is 16.4. The Hall–Kier alpha value is -2.51. The molecule has 22 heavy (non-hydrogen) atoms. The highest BCUT2D eigenvalue weighted by Crippen LogP contribution is 2.09. The minimum absolute atomic E-state index is 1.03. The summed E-state index contributed by atoms with van der Waals surface area (Å²) in [5.41, 5.74) is 0. The van der Waals surface area contributed by atoms with Crippen LogP contribution in [0.2, 0.25) is 0 Å². The van der Waals surface area contributed by atoms with Crippen molar-refractivity contribution in [2.24, 2.45) is 0 Å². The molecule has 0 bridgehead atoms. The Morgan fingerprint density at radius 1 is 1.14 bits per heavy atom. The van der Waals surface area contributed by atoms with Crippen molar-refractivity contribution in [3.63, 3.8) is 0 Å². The molecule has 7 nitrogen and oxygen atoms in total. The van der Waals surface area contributed by atoms with Gasteiger partial charge in [0.1, 0.15) is 12.6 Å². The molecule has 118 valence electrons. The number of rotatable bonds is 4. The Kier molecular flexibility index (Phi) is 6.43. The minimum atomic E-state index is -2.38. The molecule has 0 aliphatic carbocycles. The van der Waals surface area contributed by atoms with E-state index in [4.69, 9.17) is 15.3 Å². The molecule has 2 atom stereocenters. The Balaban J connectivity index is 0.000000225. The van der Waals surface area contributed by atoms with E-state index < -0.39 is 24.1 Å². The van der Waals surface area contributed by atoms with Gasteiger partial charge in [-0.1, -0.05) is 18.2 Å². The number of nitrogens with zero attached hydrogens (tertiary/aromatic N) is 1. The molecule has 0 fully saturated rings. The minimum Gasteiger partial charge on any atom is -0.547 e. The summed E-state index contributed by atoms with van der Waals surface area (Å²) in [6.45, 7) is 3.18. The van der Waals surface area contributed by atoms with E-state index in [1.165, 1.54) is 10.8 Å². The molecule has 1 heterocycles. The van der Waals surface area contributed by atoms with Gasteiger partial charge in [0.05, 0.1) is 5.97 Å². The molecule has 0 saturated carbocycles. The van der Waals surface area contributed by atoms with E-state index >= 15 is 0 Å². The number of benzene rings is 1. The van der Waals surface area contributed by atoms with Crippen molar-refractivity contribution >= 4 is 22.7 Å². The van der Waals surface area contributed by atoms with Crippen molar-refractivity contribution in [2.45, 2.75) is 25.7 Å². The molecule has 3 N–H and O–H groups in total. The monoisotopic (exact) mass is 307 g/mol. The van der Waals surface area contributed by atoms with Crippen LogP contribution in [0.15, 0.2) is 42.7 Å². The van der Waals surface area contributed by atoms with Gasteiger partial charge in [0.15, 0.2) is 18.5 Å². The number of aliphatic hydroxyl groups is 2. The summed E-state index contributed by atoms with van der Waals surface area (Å²) in [7, 11) is 0. The Bertz CT molecular complexity index is 639. The van der Waals surface area contributed by atoms with Gasteiger partial charge in [-0.15, -0.1) is 0 Å². The van der Waals surface area contributed by atoms with E-state index in [0.717, 1.165) is 6.54 Å². The van der Waals surface area contributed by atoms with Crippen molar-refractivity contribution in [1.29, 1.82) is 0 Å². The number of carboxylic acid groups (broad SMARTS) is 2. The van der Waals surface area contributed by atoms with E-state index in [1.807, 2.05) is 0 Å². The standard InChI is InChI=1S/C11H12N.C4H6O6/c1-2-12-8-7-10-5-3-4-6-11(10)9-12;5-1(3(7)8)2(6)4(9)10/h3-9H,2H2,1H3;1-2,5-6H,(H,7,8)(H,9,10)/q+1;/p-1. The third kappa shape index (κ3) is 4.80. The molecule has 0 aliphatic rings. The topological polar surface area (TPSA) is 122 Å². The summed E-state index contributed by atoms with van der Waals surface area (Å²) < 4.78 is 2.18. The molecule has 2 aromatic rings. The van der Waals surface area contributed by atoms with Crippen LogP contribution in [0.1, 0.15) is 6.92 Å². The van der Waals surface area contributed by atoms with Crippen LogP contribution in [0.5, 0.6) is 0 Å². The van der Waals surface area contributed by atoms with Crippen LogP contribution in [-0.4, -0.2) is 39.5 Å². The number of carbonyl (C=O) groups is 2. The SMILES string of the molecule is CC[n+]1ccc2ccccc2c1.O=C([O-])C(O)C(O)C(=O)O. The summed E-state index contributed by atoms with van der Waals surface area (Å²) in [5.74, 6) is -3.83. The third-order valence-corrected chi connectivity index (χ3v) is 2.91. The van der Waals surface area contributed by atoms with Crippen LogP contribution in [0, 0.1) is 0 Å². The van der Waals surface area contributed by atoms with Crippen LogP contribution < -0.4 is 9.67 Å². The van der Waals surface area contributed by atoms with E-state index in [0.29, 0.717) is 0 Å². The van der Waals surface area contributed by atoms with Crippen LogP contribution in [0.3, 0.4) is 0 Å². The van der Waals surface area contributed by atoms with Gasteiger partial charge >= 0.3 is 5.97 Å². The fraction of sp³-hybridized carbons (Fsp3) is 0.267. The van der Waals surface area contributed by atoms with Crippen molar-refractivity contribution in [1.82, 2.24) is 0 Å². The highest BCUT2D eigenvalue weighted by Gasteiger charge is 2.23. The lowest BCUT2D eigenvalue weighted by Crippen LogP contribution is -2.46. The van der Waals surface area contributed by atoms with E-state index in [2.05, 4.69) is 54.2 Å². The number of fused-ring (bicyclic) bond motifs is 1. The van der Waals surface area contributed by atoms with Crippen molar-refractivity contribution < 1.29 is 34.6 Å². The lowest BCUT2D eigenvalue weighted by Gasteiger charge is -2.13. The van der Waals surface area contributed by atoms with Gasteiger partial charge < -0.3 is 25.2 Å². The Morgan fingerprint density at radius 3 is 2.18 bits per heavy atom. The fourth-order valence-electron chi connectivity index (χ4n) is 1.64. The predicted molar refractivity (Wildman–Crippen MR) is 74.5 cm³/mol. The molecular formula is C15H17NO6. The average Bonchev–Trinajstić information content (AvgIpc) is 2.53. The number of aromatic nitrogens is 1. The first kappa shape index (κ1) is 17.5. The van der Waals surface area contributed by atoms with Gasteiger partial charge in [0, 0.05) is 11.5 Å². The number of aryl methyl sites for hydroxylation is 1. The van der Waals surface area contributed by atoms with E-state index in [1.54, 1.807) is 0 Å². The molecule has 2 unspecified atom stereocenters. The molecule has 2 rings (SSSR count). The first-order chi connectivity index (χ1) is 10.4. The van der Waals surface area contributed by atoms with Crippen molar-refractivity contribution in [3.8, 4) is 0 Å². The first-order valence-electron chi connectivity index (χ1n) is 6.54. The molecule has 0 spiro atoms. The zero-order chi connectivity index (χ0) is 16.7. The van der Waals surface area contributed by atoms with Gasteiger partial charge in [-0.25, -0.2) is 9.36 Å². The van der Waals surface area contributed by atoms with E-state index in [-0.39, 0.29) is 0 Å². The number of carbonyl (C=O) groups excluding carboxylic acids is 1. The van der Waals surface area contributed by atoms with Gasteiger partial charge in [-0.05, 0) is 18.4 Å². The maximum Gasteiger partial charge on any atom is 0.335 e. The van der Waals surface area contributed by atoms with Crippen LogP contribution in [-0.2, 0) is 16.1 Å². The van der Waals surface area contributed by atoms with E-state index in [9.17, 15) is 14.7 Å². The summed E-state index contributed by atoms with van der Waals surface area (Å²) >= 11 is 0. The van der Waals surface area contributed by atoms with Crippen LogP contribution in [0.25, 0.3) is 10.8 Å². The summed E-state index contributed by atoms with van der Waals surface area (Å²) in [6, 6.07) is 10.6. The number of hydrogen-bond donors (Lipinski definition) is 3. The number of aliphatic carboxylic acids is 2. The summed E-state index contributed by atoms with van der Waals surface area (Å²) in [5, 5.41) is 36.7. The summed E-state index contributed by atoms with van der Waals surface area (Å²) in [6.07, 6.45) is -0.417. The molecule has 1 aromatic heterocycles. The van der Waals surface area contributed by atoms with Crippen molar-refractivity contribution in [3.05, 3.63) is 42.7 Å². The maximum absolute atomic E-state index is 9.74. The smallest absolute Gasteiger partial charge is 0.335 e. The largest absolute Gasteiger partial charge is 0.547 e. The van der Waals surface area contributed by atoms with Crippen molar-refractivity contribution in [2.75, 3.05) is 0 Å². The molecule has 0 aliphatic heterocycles. The number of hydrogen-bond acceptors (Lipinski definition) is 5. The quantitative estimate of drug-likeness (QED) is 0.603. The van der Waals surface area contributed by atoms with Gasteiger partial charge in [-0.2, -0.15) is 0 Å². The second kappa shape index (κ2) is 8.06. The lowest BCUT2D eigenvalue weighted by molar-refractivity contribution is -0.692. The van der Waals surface area contributed by atoms with Gasteiger partial charge in [0.25, 0.3) is 0 Å². The normalized spacial score (nSPS) is 12.9. The highest BCUT2D eigenvalue weighted by molar-refractivity contribution is 5.82. The molecule has 0 saturated heterocycles. The zero-order valence-corrected chi connectivity index (χ0v) is 11.9. The second-order valence-corrected chi connectivity index (χ2v) is 4.45. The fourth-order valence-corrected chi connectivity index (χ4v) is 1.64. The Morgan fingerprint density at radius 2 is 1.73 bits per heavy atom. The van der Waals surface area contributed by atoms with Crippen LogP contribution >= 0.6 is 0 Å². The molecule has 7 heteroatoms. The first-order valence-corrected chi connectivity index (χ1v) is 6.54. The third-order valence-electron chi connectivity index (χ3n) is 2.91. The van der Waals surface area contributed by atoms with Gasteiger partial charge in [-0.3, -0.25) is 0 Å². The Labute approximate surface area is 126 Å². The maximum atomic E-state index is 9.74. The molecular weight excluding hydrogens is 290 g/mol. The van der Waals surface area contributed by atoms with Gasteiger partial charge in [0.2, 0.25) is 0 Å². The number of aliphatic hydroxyl groups excluding tert-OH is 2. The molecule has 1 aromatic carbocycles. The number of carboxylic acids is 2. The predicted octanol–water partition coefficient (Wildman–Crippen LogP) is -1.31. The second-order valence-electron chi connectivity index (χ2n) is 4.45. The average molecular weight is 307 g/mol. The molecule has 0 radical (unpaired) electrons. The summed E-state index contributed by atoms with van der Waals surface area (Å²) in [4.78, 5) is 19.4. The molecule has 0 amide bonds. The zero-order valence-electron chi connectivity index (χ0n) is 11.9.